The second-order valence-electron chi connectivity index (χ2n) is 9.26. The Kier molecular flexibility index (Phi) is 5.74. The Morgan fingerprint density at radius 2 is 1.92 bits per heavy atom. The predicted molar refractivity (Wildman–Crippen MR) is 140 cm³/mol. The molecule has 1 N–H and O–H groups in total. The largest absolute Gasteiger partial charge is 0.497 e. The molecule has 0 aliphatic carbocycles. The normalized spacial score (nSPS) is 15.1. The molecule has 1 atom stereocenters. The number of benzene rings is 1. The van der Waals surface area contributed by atoms with Crippen molar-refractivity contribution < 1.29 is 13.9 Å². The molecule has 0 fully saturated rings. The third-order valence-corrected chi connectivity index (χ3v) is 6.91. The average molecular weight is 513 g/mol. The van der Waals surface area contributed by atoms with Gasteiger partial charge in [-0.05, 0) is 53.4 Å². The first-order chi connectivity index (χ1) is 18.4. The van der Waals surface area contributed by atoms with Crippen LogP contribution in [0.5, 0.6) is 5.75 Å². The van der Waals surface area contributed by atoms with Crippen LogP contribution in [-0.4, -0.2) is 49.4 Å². The summed E-state index contributed by atoms with van der Waals surface area (Å²) in [7, 11) is 5.08. The van der Waals surface area contributed by atoms with Gasteiger partial charge in [0.05, 0.1) is 13.3 Å². The topological polar surface area (TPSA) is 102 Å². The molecular weight excluding hydrogens is 487 g/mol. The molecule has 1 aliphatic heterocycles. The number of hydrogen-bond acceptors (Lipinski definition) is 7. The second kappa shape index (κ2) is 9.25. The van der Waals surface area contributed by atoms with Gasteiger partial charge in [-0.2, -0.15) is 5.10 Å². The second-order valence-corrected chi connectivity index (χ2v) is 9.26. The Morgan fingerprint density at radius 3 is 2.68 bits per heavy atom. The van der Waals surface area contributed by atoms with Gasteiger partial charge in [0.25, 0.3) is 0 Å². The van der Waals surface area contributed by atoms with Crippen LogP contribution in [0.4, 0.5) is 21.8 Å². The maximum atomic E-state index is 14.8. The highest BCUT2D eigenvalue weighted by Gasteiger charge is 2.31. The van der Waals surface area contributed by atoms with Crippen molar-refractivity contribution in [3.05, 3.63) is 78.1 Å². The summed E-state index contributed by atoms with van der Waals surface area (Å²) >= 11 is 0. The maximum absolute atomic E-state index is 14.8. The molecule has 5 heterocycles. The first kappa shape index (κ1) is 23.6. The number of nitrogens with one attached hydrogen (secondary N) is 1. The van der Waals surface area contributed by atoms with Crippen LogP contribution in [0.25, 0.3) is 16.8 Å². The van der Waals surface area contributed by atoms with Crippen LogP contribution in [0.3, 0.4) is 0 Å². The lowest BCUT2D eigenvalue weighted by Crippen LogP contribution is -2.27. The van der Waals surface area contributed by atoms with Gasteiger partial charge in [-0.1, -0.05) is 6.07 Å². The summed E-state index contributed by atoms with van der Waals surface area (Å²) in [5, 5.41) is 16.3. The van der Waals surface area contributed by atoms with Crippen LogP contribution in [0.1, 0.15) is 23.7 Å². The highest BCUT2D eigenvalue weighted by molar-refractivity contribution is 5.94. The van der Waals surface area contributed by atoms with E-state index in [9.17, 15) is 9.18 Å². The lowest BCUT2D eigenvalue weighted by molar-refractivity contribution is -0.118. The van der Waals surface area contributed by atoms with Gasteiger partial charge >= 0.3 is 0 Å². The molecule has 1 amide bonds. The molecule has 1 unspecified atom stereocenters. The summed E-state index contributed by atoms with van der Waals surface area (Å²) in [6.07, 6.45) is 3.92. The quantitative estimate of drug-likeness (QED) is 0.365. The van der Waals surface area contributed by atoms with Crippen LogP contribution in [0.15, 0.2) is 60.9 Å². The number of pyridine rings is 2. The Morgan fingerprint density at radius 1 is 1.05 bits per heavy atom. The number of carbonyl (C=O) groups is 1. The molecule has 0 radical (unpaired) electrons. The molecule has 6 rings (SSSR count). The van der Waals surface area contributed by atoms with Crippen molar-refractivity contribution in [1.82, 2.24) is 29.4 Å². The smallest absolute Gasteiger partial charge is 0.228 e. The van der Waals surface area contributed by atoms with Gasteiger partial charge in [0, 0.05) is 44.8 Å². The number of halogens is 1. The average Bonchev–Trinajstić information content (AvgIpc) is 3.51. The molecule has 38 heavy (non-hydrogen) atoms. The van der Waals surface area contributed by atoms with E-state index < -0.39 is 0 Å². The lowest BCUT2D eigenvalue weighted by Gasteiger charge is -2.18. The highest BCUT2D eigenvalue weighted by Crippen LogP contribution is 2.35. The molecule has 0 saturated carbocycles. The number of aromatic nitrogens is 6. The molecular formula is C27H25FN8O2. The third-order valence-electron chi connectivity index (χ3n) is 6.91. The number of rotatable bonds is 6. The Hall–Kier alpha value is -4.80. The molecule has 1 aromatic carbocycles. The third kappa shape index (κ3) is 4.11. The van der Waals surface area contributed by atoms with E-state index in [0.29, 0.717) is 40.8 Å². The van der Waals surface area contributed by atoms with E-state index in [1.807, 2.05) is 41.8 Å². The van der Waals surface area contributed by atoms with Gasteiger partial charge in [-0.3, -0.25) is 13.9 Å². The molecule has 0 spiro atoms. The van der Waals surface area contributed by atoms with Crippen LogP contribution < -0.4 is 15.0 Å². The lowest BCUT2D eigenvalue weighted by atomic mass is 9.94. The van der Waals surface area contributed by atoms with E-state index in [2.05, 4.69) is 25.6 Å². The van der Waals surface area contributed by atoms with Crippen molar-refractivity contribution in [3.63, 3.8) is 0 Å². The number of carbonyl (C=O) groups excluding carboxylic acids is 1. The molecule has 5 aromatic rings. The van der Waals surface area contributed by atoms with E-state index in [0.717, 1.165) is 16.9 Å². The Labute approximate surface area is 217 Å². The number of ether oxygens (including phenoxy) is 1. The first-order valence-corrected chi connectivity index (χ1v) is 12.1. The zero-order chi connectivity index (χ0) is 26.4. The minimum absolute atomic E-state index is 0.0823. The number of amides is 1. The fourth-order valence-corrected chi connectivity index (χ4v) is 4.82. The van der Waals surface area contributed by atoms with E-state index in [4.69, 9.17) is 4.74 Å². The number of hydrogen-bond donors (Lipinski definition) is 1. The molecule has 11 heteroatoms. The SMILES string of the molecule is COc1ccc(CC2CC(=O)N(C)c3cc(-c4ccnc(Nc5ccnn5C)c4)cc4nnc2n34)c(F)c1. The first-order valence-electron chi connectivity index (χ1n) is 12.1. The van der Waals surface area contributed by atoms with Crippen LogP contribution >= 0.6 is 0 Å². The van der Waals surface area contributed by atoms with Gasteiger partial charge in [0.2, 0.25) is 5.91 Å². The molecule has 0 saturated heterocycles. The summed E-state index contributed by atoms with van der Waals surface area (Å²) in [6, 6.07) is 14.3. The van der Waals surface area contributed by atoms with E-state index in [1.165, 1.54) is 13.2 Å². The van der Waals surface area contributed by atoms with E-state index in [-0.39, 0.29) is 24.1 Å². The van der Waals surface area contributed by atoms with Gasteiger partial charge in [0.15, 0.2) is 5.65 Å². The Balaban J connectivity index is 1.39. The van der Waals surface area contributed by atoms with Crippen molar-refractivity contribution in [3.8, 4) is 16.9 Å². The minimum atomic E-state index is -0.376. The summed E-state index contributed by atoms with van der Waals surface area (Å²) in [6.45, 7) is 0. The van der Waals surface area contributed by atoms with Gasteiger partial charge in [0.1, 0.15) is 34.8 Å². The Bertz CT molecular complexity index is 1680. The number of aryl methyl sites for hydroxylation is 1. The van der Waals surface area contributed by atoms with Crippen molar-refractivity contribution in [2.24, 2.45) is 7.05 Å². The maximum Gasteiger partial charge on any atom is 0.228 e. The summed E-state index contributed by atoms with van der Waals surface area (Å²) in [5.74, 6) is 2.39. The molecule has 10 nitrogen and oxygen atoms in total. The summed E-state index contributed by atoms with van der Waals surface area (Å²) in [5.41, 5.74) is 2.86. The summed E-state index contributed by atoms with van der Waals surface area (Å²) < 4.78 is 23.5. The molecule has 1 aliphatic rings. The molecule has 0 bridgehead atoms. The number of methoxy groups -OCH3 is 1. The van der Waals surface area contributed by atoms with E-state index >= 15 is 0 Å². The van der Waals surface area contributed by atoms with Crippen LogP contribution in [-0.2, 0) is 18.3 Å². The zero-order valence-electron chi connectivity index (χ0n) is 21.1. The number of nitrogens with zero attached hydrogens (tertiary/aromatic N) is 7. The van der Waals surface area contributed by atoms with Crippen LogP contribution in [0.2, 0.25) is 0 Å². The van der Waals surface area contributed by atoms with Crippen molar-refractivity contribution >= 4 is 29.0 Å². The van der Waals surface area contributed by atoms with Gasteiger partial charge in [-0.15, -0.1) is 10.2 Å². The zero-order valence-corrected chi connectivity index (χ0v) is 21.1. The van der Waals surface area contributed by atoms with Crippen molar-refractivity contribution in [1.29, 1.82) is 0 Å². The molecule has 192 valence electrons. The van der Waals surface area contributed by atoms with Crippen LogP contribution in [0, 0.1) is 5.82 Å². The van der Waals surface area contributed by atoms with Crippen molar-refractivity contribution in [2.45, 2.75) is 18.8 Å². The predicted octanol–water partition coefficient (Wildman–Crippen LogP) is 4.11. The highest BCUT2D eigenvalue weighted by atomic mass is 19.1. The molecule has 4 aromatic heterocycles. The minimum Gasteiger partial charge on any atom is -0.497 e. The standard InChI is InChI=1S/C27H25FN8O2/c1-34-25-13-18(16-6-8-29-22(11-16)31-23-7-9-30-35(23)2)12-24-32-33-27(36(24)25)19(14-26(34)37)10-17-4-5-20(38-3)15-21(17)28/h4-9,11-13,15,19H,10,14H2,1-3H3,(H,29,31). The van der Waals surface area contributed by atoms with Gasteiger partial charge < -0.3 is 15.0 Å². The fraction of sp³-hybridized carbons (Fsp3) is 0.222. The van der Waals surface area contributed by atoms with Crippen molar-refractivity contribution in [2.75, 3.05) is 24.4 Å². The summed E-state index contributed by atoms with van der Waals surface area (Å²) in [4.78, 5) is 19.3. The number of anilines is 3. The van der Waals surface area contributed by atoms with Gasteiger partial charge in [-0.25, -0.2) is 9.37 Å². The monoisotopic (exact) mass is 512 g/mol. The van der Waals surface area contributed by atoms with E-state index in [1.54, 1.807) is 41.2 Å². The fourth-order valence-electron chi connectivity index (χ4n) is 4.82.